The number of hydrogen-bond donors (Lipinski definition) is 1. The third-order valence-electron chi connectivity index (χ3n) is 1.65. The van der Waals surface area contributed by atoms with E-state index in [9.17, 15) is 26.3 Å². The number of anilines is 1. The van der Waals surface area contributed by atoms with E-state index in [-0.39, 0.29) is 4.47 Å². The average Bonchev–Trinajstić information content (AvgIpc) is 2.12. The molecule has 1 N–H and O–H groups in total. The summed E-state index contributed by atoms with van der Waals surface area (Å²) in [4.78, 5) is 0. The van der Waals surface area contributed by atoms with E-state index >= 15 is 0 Å². The number of halogens is 7. The summed E-state index contributed by atoms with van der Waals surface area (Å²) in [6, 6.07) is 3.27. The van der Waals surface area contributed by atoms with Gasteiger partial charge in [0.05, 0.1) is 5.69 Å². The van der Waals surface area contributed by atoms with Crippen LogP contribution in [0.2, 0.25) is 0 Å². The highest BCUT2D eigenvalue weighted by atomic mass is 79.9. The van der Waals surface area contributed by atoms with Crippen molar-refractivity contribution in [1.82, 2.24) is 0 Å². The van der Waals surface area contributed by atoms with Gasteiger partial charge >= 0.3 is 12.5 Å². The van der Waals surface area contributed by atoms with Crippen LogP contribution in [-0.2, 0) is 0 Å². The van der Waals surface area contributed by atoms with Crippen LogP contribution >= 0.6 is 15.9 Å². The Morgan fingerprint density at radius 1 is 1.11 bits per heavy atom. The minimum Gasteiger partial charge on any atom is -0.404 e. The third kappa shape index (κ3) is 5.48. The summed E-state index contributed by atoms with van der Waals surface area (Å²) in [6.07, 6.45) is -9.52. The molecule has 0 spiro atoms. The second-order valence-electron chi connectivity index (χ2n) is 3.16. The van der Waals surface area contributed by atoms with Crippen LogP contribution in [0.3, 0.4) is 0 Å². The molecule has 2 nitrogen and oxygen atoms in total. The normalized spacial score (nSPS) is 12.4. The van der Waals surface area contributed by atoms with Crippen molar-refractivity contribution >= 4 is 21.6 Å². The second-order valence-corrected chi connectivity index (χ2v) is 4.07. The smallest absolute Gasteiger partial charge is 0.404 e. The SMILES string of the molecule is FC(F)(F)CNc1ccc(Br)cc1OC(F)(F)F. The number of rotatable bonds is 3. The van der Waals surface area contributed by atoms with Gasteiger partial charge in [-0.05, 0) is 18.2 Å². The van der Waals surface area contributed by atoms with Gasteiger partial charge in [-0.1, -0.05) is 15.9 Å². The Hall–Kier alpha value is -1.12. The van der Waals surface area contributed by atoms with E-state index in [2.05, 4.69) is 20.7 Å². The van der Waals surface area contributed by atoms with E-state index in [0.29, 0.717) is 0 Å². The molecular formula is C9H6BrF6NO. The molecule has 0 aliphatic heterocycles. The van der Waals surface area contributed by atoms with Gasteiger partial charge in [0.1, 0.15) is 6.54 Å². The van der Waals surface area contributed by atoms with Crippen LogP contribution in [0.5, 0.6) is 5.75 Å². The van der Waals surface area contributed by atoms with E-state index in [1.165, 1.54) is 6.07 Å². The predicted octanol–water partition coefficient (Wildman–Crippen LogP) is 4.32. The highest BCUT2D eigenvalue weighted by Crippen LogP contribution is 2.33. The molecule has 102 valence electrons. The summed E-state index contributed by atoms with van der Waals surface area (Å²) >= 11 is 2.90. The lowest BCUT2D eigenvalue weighted by Crippen LogP contribution is -2.23. The van der Waals surface area contributed by atoms with E-state index in [1.54, 1.807) is 0 Å². The van der Waals surface area contributed by atoms with Gasteiger partial charge in [0.15, 0.2) is 5.75 Å². The Morgan fingerprint density at radius 2 is 1.72 bits per heavy atom. The molecule has 1 aromatic rings. The van der Waals surface area contributed by atoms with Crippen molar-refractivity contribution in [2.75, 3.05) is 11.9 Å². The van der Waals surface area contributed by atoms with Gasteiger partial charge in [-0.3, -0.25) is 0 Å². The zero-order valence-electron chi connectivity index (χ0n) is 8.49. The summed E-state index contributed by atoms with van der Waals surface area (Å²) in [5, 5.41) is 1.83. The fourth-order valence-electron chi connectivity index (χ4n) is 1.05. The predicted molar refractivity (Wildman–Crippen MR) is 55.4 cm³/mol. The number of nitrogens with one attached hydrogen (secondary N) is 1. The first kappa shape index (κ1) is 14.9. The minimum atomic E-state index is -4.98. The van der Waals surface area contributed by atoms with Crippen LogP contribution in [0, 0.1) is 0 Å². The quantitative estimate of drug-likeness (QED) is 0.829. The van der Waals surface area contributed by atoms with E-state index in [0.717, 1.165) is 12.1 Å². The molecule has 0 saturated carbocycles. The summed E-state index contributed by atoms with van der Waals surface area (Å²) < 4.78 is 75.9. The van der Waals surface area contributed by atoms with E-state index in [4.69, 9.17) is 0 Å². The lowest BCUT2D eigenvalue weighted by Gasteiger charge is -2.15. The summed E-state index contributed by atoms with van der Waals surface area (Å²) in [5.41, 5.74) is -0.396. The van der Waals surface area contributed by atoms with Gasteiger partial charge in [-0.15, -0.1) is 13.2 Å². The van der Waals surface area contributed by atoms with Crippen molar-refractivity contribution in [1.29, 1.82) is 0 Å². The van der Waals surface area contributed by atoms with E-state index in [1.807, 2.05) is 5.32 Å². The van der Waals surface area contributed by atoms with Gasteiger partial charge in [-0.2, -0.15) is 13.2 Å². The number of alkyl halides is 6. The lowest BCUT2D eigenvalue weighted by molar-refractivity contribution is -0.274. The van der Waals surface area contributed by atoms with Gasteiger partial charge in [0.2, 0.25) is 0 Å². The number of benzene rings is 1. The first-order valence-corrected chi connectivity index (χ1v) is 5.22. The molecule has 1 rings (SSSR count). The molecular weight excluding hydrogens is 332 g/mol. The monoisotopic (exact) mass is 337 g/mol. The molecule has 0 aliphatic rings. The average molecular weight is 338 g/mol. The van der Waals surface area contributed by atoms with Crippen LogP contribution in [-0.4, -0.2) is 19.1 Å². The van der Waals surface area contributed by atoms with Crippen molar-refractivity contribution in [3.8, 4) is 5.75 Å². The molecule has 18 heavy (non-hydrogen) atoms. The summed E-state index contributed by atoms with van der Waals surface area (Å²) in [5.74, 6) is -0.735. The molecule has 9 heteroatoms. The Kier molecular flexibility index (Phi) is 4.36. The van der Waals surface area contributed by atoms with Crippen LogP contribution in [0.25, 0.3) is 0 Å². The molecule has 0 unspecified atom stereocenters. The molecule has 0 radical (unpaired) electrons. The highest BCUT2D eigenvalue weighted by molar-refractivity contribution is 9.10. The largest absolute Gasteiger partial charge is 0.573 e. The fraction of sp³-hybridized carbons (Fsp3) is 0.333. The molecule has 0 aliphatic carbocycles. The standard InChI is InChI=1S/C9H6BrF6NO/c10-5-1-2-6(17-4-8(11,12)13)7(3-5)18-9(14,15)16/h1-3,17H,4H2. The van der Waals surface area contributed by atoms with Crippen molar-refractivity contribution in [3.63, 3.8) is 0 Å². The van der Waals surface area contributed by atoms with Crippen LogP contribution in [0.4, 0.5) is 32.0 Å². The summed E-state index contributed by atoms with van der Waals surface area (Å²) in [6.45, 7) is -1.46. The molecule has 0 atom stereocenters. The Labute approximate surface area is 106 Å². The van der Waals surface area contributed by atoms with Gasteiger partial charge in [0, 0.05) is 4.47 Å². The maximum Gasteiger partial charge on any atom is 0.573 e. The lowest BCUT2D eigenvalue weighted by atomic mass is 10.3. The maximum atomic E-state index is 12.0. The van der Waals surface area contributed by atoms with Crippen LogP contribution in [0.15, 0.2) is 22.7 Å². The van der Waals surface area contributed by atoms with Crippen LogP contribution in [0.1, 0.15) is 0 Å². The first-order chi connectivity index (χ1) is 8.07. The van der Waals surface area contributed by atoms with E-state index < -0.39 is 30.5 Å². The van der Waals surface area contributed by atoms with Gasteiger partial charge in [0.25, 0.3) is 0 Å². The summed E-state index contributed by atoms with van der Waals surface area (Å²) in [7, 11) is 0. The van der Waals surface area contributed by atoms with Gasteiger partial charge in [-0.25, -0.2) is 0 Å². The first-order valence-electron chi connectivity index (χ1n) is 4.43. The number of ether oxygens (including phenoxy) is 1. The Morgan fingerprint density at radius 3 is 2.22 bits per heavy atom. The zero-order valence-corrected chi connectivity index (χ0v) is 10.1. The zero-order chi connectivity index (χ0) is 14.0. The Balaban J connectivity index is 2.90. The molecule has 0 heterocycles. The fourth-order valence-corrected chi connectivity index (χ4v) is 1.39. The molecule has 0 bridgehead atoms. The molecule has 0 saturated heterocycles. The highest BCUT2D eigenvalue weighted by Gasteiger charge is 2.33. The van der Waals surface area contributed by atoms with Gasteiger partial charge < -0.3 is 10.1 Å². The minimum absolute atomic E-state index is 0.249. The molecule has 0 amide bonds. The van der Waals surface area contributed by atoms with Crippen molar-refractivity contribution in [2.24, 2.45) is 0 Å². The molecule has 0 aromatic heterocycles. The topological polar surface area (TPSA) is 21.3 Å². The maximum absolute atomic E-state index is 12.0. The van der Waals surface area contributed by atoms with Crippen LogP contribution < -0.4 is 10.1 Å². The number of hydrogen-bond acceptors (Lipinski definition) is 2. The van der Waals surface area contributed by atoms with Crippen molar-refractivity contribution in [2.45, 2.75) is 12.5 Å². The Bertz CT molecular complexity index is 416. The third-order valence-corrected chi connectivity index (χ3v) is 2.14. The molecule has 0 fully saturated rings. The second kappa shape index (κ2) is 5.25. The van der Waals surface area contributed by atoms with Crippen molar-refractivity contribution in [3.05, 3.63) is 22.7 Å². The van der Waals surface area contributed by atoms with Crippen molar-refractivity contribution < 1.29 is 31.1 Å². The molecule has 1 aromatic carbocycles.